The minimum atomic E-state index is -0.274. The van der Waals surface area contributed by atoms with Crippen LogP contribution in [0.15, 0.2) is 17.3 Å². The van der Waals surface area contributed by atoms with Crippen molar-refractivity contribution in [1.82, 2.24) is 20.2 Å². The second-order valence-electron chi connectivity index (χ2n) is 3.67. The summed E-state index contributed by atoms with van der Waals surface area (Å²) in [5.41, 5.74) is 0.333. The Morgan fingerprint density at radius 3 is 2.55 bits per heavy atom. The van der Waals surface area contributed by atoms with Crippen molar-refractivity contribution >= 4 is 58.2 Å². The number of nitrogens with one attached hydrogen (secondary N) is 1. The normalized spacial score (nSPS) is 10.6. The Kier molecular flexibility index (Phi) is 5.09. The number of anilines is 1. The first kappa shape index (κ1) is 15.4. The summed E-state index contributed by atoms with van der Waals surface area (Å²) in [6.45, 7) is 0. The number of hydrogen-bond donors (Lipinski definition) is 1. The van der Waals surface area contributed by atoms with Crippen molar-refractivity contribution in [1.29, 1.82) is 0 Å². The van der Waals surface area contributed by atoms with Gasteiger partial charge in [-0.15, -0.1) is 5.10 Å². The largest absolute Gasteiger partial charge is 0.323 e. The van der Waals surface area contributed by atoms with E-state index in [0.717, 1.165) is 0 Å². The summed E-state index contributed by atoms with van der Waals surface area (Å²) in [5.74, 6) is -0.145. The number of nitrogens with zero attached hydrogens (tertiary/aromatic N) is 4. The first-order chi connectivity index (χ1) is 9.47. The first-order valence-corrected chi connectivity index (χ1v) is 7.39. The molecule has 2 aromatic rings. The summed E-state index contributed by atoms with van der Waals surface area (Å²) in [4.78, 5) is 11.8. The molecule has 0 fully saturated rings. The molecule has 1 aromatic heterocycles. The Morgan fingerprint density at radius 1 is 1.35 bits per heavy atom. The van der Waals surface area contributed by atoms with E-state index in [1.165, 1.54) is 28.6 Å². The third-order valence-electron chi connectivity index (χ3n) is 2.18. The summed E-state index contributed by atoms with van der Waals surface area (Å²) in [6.07, 6.45) is 0. The maximum atomic E-state index is 11.8. The van der Waals surface area contributed by atoms with E-state index >= 15 is 0 Å². The molecular weight excluding hydrogens is 345 g/mol. The molecule has 10 heteroatoms. The zero-order valence-corrected chi connectivity index (χ0v) is 13.2. The van der Waals surface area contributed by atoms with Gasteiger partial charge in [-0.1, -0.05) is 46.6 Å². The zero-order chi connectivity index (χ0) is 14.7. The van der Waals surface area contributed by atoms with Crippen LogP contribution in [0.2, 0.25) is 15.1 Å². The van der Waals surface area contributed by atoms with Gasteiger partial charge in [0.2, 0.25) is 11.1 Å². The second kappa shape index (κ2) is 6.62. The smallest absolute Gasteiger partial charge is 0.234 e. The number of aryl methyl sites for hydroxylation is 1. The van der Waals surface area contributed by atoms with E-state index in [2.05, 4.69) is 20.8 Å². The molecule has 1 heterocycles. The van der Waals surface area contributed by atoms with Gasteiger partial charge >= 0.3 is 0 Å². The Balaban J connectivity index is 2.00. The molecule has 0 aliphatic carbocycles. The molecule has 0 saturated carbocycles. The molecule has 0 aliphatic rings. The molecule has 0 atom stereocenters. The van der Waals surface area contributed by atoms with Crippen LogP contribution in [0.3, 0.4) is 0 Å². The fourth-order valence-corrected chi connectivity index (χ4v) is 2.87. The first-order valence-electron chi connectivity index (χ1n) is 5.27. The third kappa shape index (κ3) is 3.76. The predicted molar refractivity (Wildman–Crippen MR) is 79.6 cm³/mol. The van der Waals surface area contributed by atoms with Crippen LogP contribution in [0, 0.1) is 0 Å². The van der Waals surface area contributed by atoms with E-state index in [1.54, 1.807) is 7.05 Å². The number of thioether (sulfide) groups is 1. The van der Waals surface area contributed by atoms with E-state index in [1.807, 2.05) is 0 Å². The van der Waals surface area contributed by atoms with Gasteiger partial charge in [0.05, 0.1) is 21.5 Å². The lowest BCUT2D eigenvalue weighted by atomic mass is 10.3. The molecule has 20 heavy (non-hydrogen) atoms. The Hall–Kier alpha value is -1.02. The lowest BCUT2D eigenvalue weighted by Gasteiger charge is -2.09. The number of benzene rings is 1. The zero-order valence-electron chi connectivity index (χ0n) is 10.1. The van der Waals surface area contributed by atoms with Crippen molar-refractivity contribution in [3.05, 3.63) is 27.2 Å². The highest BCUT2D eigenvalue weighted by atomic mass is 35.5. The average molecular weight is 353 g/mol. The van der Waals surface area contributed by atoms with Crippen molar-refractivity contribution in [2.24, 2.45) is 7.05 Å². The highest BCUT2D eigenvalue weighted by Crippen LogP contribution is 2.33. The molecule has 0 radical (unpaired) electrons. The number of rotatable bonds is 4. The minimum Gasteiger partial charge on any atom is -0.323 e. The minimum absolute atomic E-state index is 0.128. The van der Waals surface area contributed by atoms with Crippen molar-refractivity contribution in [2.45, 2.75) is 5.16 Å². The van der Waals surface area contributed by atoms with Gasteiger partial charge < -0.3 is 5.32 Å². The molecule has 0 bridgehead atoms. The quantitative estimate of drug-likeness (QED) is 0.857. The number of hydrogen-bond acceptors (Lipinski definition) is 5. The van der Waals surface area contributed by atoms with Gasteiger partial charge in [0.25, 0.3) is 0 Å². The summed E-state index contributed by atoms with van der Waals surface area (Å²) in [5, 5.41) is 15.0. The summed E-state index contributed by atoms with van der Waals surface area (Å²) in [6, 6.07) is 3.01. The van der Waals surface area contributed by atoms with E-state index in [-0.39, 0.29) is 21.7 Å². The van der Waals surface area contributed by atoms with E-state index in [9.17, 15) is 4.79 Å². The number of amides is 1. The van der Waals surface area contributed by atoms with Crippen LogP contribution in [0.1, 0.15) is 0 Å². The van der Waals surface area contributed by atoms with Crippen molar-refractivity contribution in [3.8, 4) is 0 Å². The van der Waals surface area contributed by atoms with Crippen LogP contribution in [0.5, 0.6) is 0 Å². The predicted octanol–water partition coefficient (Wildman–Crippen LogP) is 2.90. The number of halogens is 3. The van der Waals surface area contributed by atoms with Crippen LogP contribution in [-0.4, -0.2) is 31.9 Å². The van der Waals surface area contributed by atoms with Crippen LogP contribution in [-0.2, 0) is 11.8 Å². The summed E-state index contributed by atoms with van der Waals surface area (Å²) in [7, 11) is 1.69. The molecule has 0 saturated heterocycles. The van der Waals surface area contributed by atoms with Crippen LogP contribution in [0.25, 0.3) is 0 Å². The molecule has 2 rings (SSSR count). The lowest BCUT2D eigenvalue weighted by Crippen LogP contribution is -2.15. The van der Waals surface area contributed by atoms with E-state index in [4.69, 9.17) is 34.8 Å². The van der Waals surface area contributed by atoms with E-state index in [0.29, 0.717) is 15.9 Å². The molecule has 106 valence electrons. The van der Waals surface area contributed by atoms with Crippen LogP contribution in [0.4, 0.5) is 5.69 Å². The molecular formula is C10H8Cl3N5OS. The fourth-order valence-electron chi connectivity index (χ4n) is 1.31. The van der Waals surface area contributed by atoms with Gasteiger partial charge in [-0.3, -0.25) is 4.79 Å². The number of aromatic nitrogens is 4. The SMILES string of the molecule is Cn1nnnc1SCC(=O)Nc1c(Cl)cc(Cl)cc1Cl. The topological polar surface area (TPSA) is 72.7 Å². The standard InChI is InChI=1S/C10H8Cl3N5OS/c1-18-10(15-16-17-18)20-4-8(19)14-9-6(12)2-5(11)3-7(9)13/h2-3H,4H2,1H3,(H,14,19). The number of carbonyl (C=O) groups excluding carboxylic acids is 1. The highest BCUT2D eigenvalue weighted by molar-refractivity contribution is 7.99. The molecule has 1 amide bonds. The van der Waals surface area contributed by atoms with Gasteiger partial charge in [0.1, 0.15) is 0 Å². The molecule has 0 aliphatic heterocycles. The molecule has 0 spiro atoms. The van der Waals surface area contributed by atoms with E-state index < -0.39 is 0 Å². The number of carbonyl (C=O) groups is 1. The van der Waals surface area contributed by atoms with Gasteiger partial charge in [-0.05, 0) is 22.6 Å². The van der Waals surface area contributed by atoms with Gasteiger partial charge in [-0.2, -0.15) is 0 Å². The summed E-state index contributed by atoms with van der Waals surface area (Å²) < 4.78 is 1.47. The molecule has 1 aromatic carbocycles. The van der Waals surface area contributed by atoms with Gasteiger partial charge in [-0.25, -0.2) is 4.68 Å². The van der Waals surface area contributed by atoms with Crippen molar-refractivity contribution in [2.75, 3.05) is 11.1 Å². The highest BCUT2D eigenvalue weighted by Gasteiger charge is 2.13. The Bertz CT molecular complexity index is 625. The molecule has 6 nitrogen and oxygen atoms in total. The summed E-state index contributed by atoms with van der Waals surface area (Å²) >= 11 is 18.9. The Labute approximate surface area is 133 Å². The molecule has 0 unspecified atom stereocenters. The maximum Gasteiger partial charge on any atom is 0.234 e. The lowest BCUT2D eigenvalue weighted by molar-refractivity contribution is -0.113. The molecule has 1 N–H and O–H groups in total. The third-order valence-corrected chi connectivity index (χ3v) is 4.01. The Morgan fingerprint density at radius 2 is 2.00 bits per heavy atom. The van der Waals surface area contributed by atoms with Gasteiger partial charge in [0, 0.05) is 12.1 Å². The van der Waals surface area contributed by atoms with Crippen molar-refractivity contribution < 1.29 is 4.79 Å². The maximum absolute atomic E-state index is 11.8. The fraction of sp³-hybridized carbons (Fsp3) is 0.200. The number of tetrazole rings is 1. The monoisotopic (exact) mass is 351 g/mol. The van der Waals surface area contributed by atoms with Crippen molar-refractivity contribution in [3.63, 3.8) is 0 Å². The van der Waals surface area contributed by atoms with Crippen LogP contribution < -0.4 is 5.32 Å². The second-order valence-corrected chi connectivity index (χ2v) is 5.86. The average Bonchev–Trinajstić information content (AvgIpc) is 2.77. The van der Waals surface area contributed by atoms with Gasteiger partial charge in [0.15, 0.2) is 0 Å². The van der Waals surface area contributed by atoms with Crippen LogP contribution >= 0.6 is 46.6 Å².